The van der Waals surface area contributed by atoms with Gasteiger partial charge in [-0.3, -0.25) is 0 Å². The van der Waals surface area contributed by atoms with Crippen LogP contribution in [0.4, 0.5) is 13.2 Å². The first-order chi connectivity index (χ1) is 9.29. The summed E-state index contributed by atoms with van der Waals surface area (Å²) in [4.78, 5) is 0. The molecular weight excluding hydrogens is 289 g/mol. The van der Waals surface area contributed by atoms with Crippen LogP contribution in [0.3, 0.4) is 0 Å². The molecular formula is C14H12ClF3N2. The van der Waals surface area contributed by atoms with Crippen LogP contribution < -0.4 is 0 Å². The van der Waals surface area contributed by atoms with E-state index in [-0.39, 0.29) is 11.1 Å². The number of hydrogen-bond donors (Lipinski definition) is 0. The van der Waals surface area contributed by atoms with Crippen LogP contribution in [0.25, 0.3) is 11.1 Å². The molecule has 2 rings (SSSR count). The normalized spacial score (nSPS) is 11.9. The van der Waals surface area contributed by atoms with Gasteiger partial charge >= 0.3 is 6.18 Å². The molecule has 0 radical (unpaired) electrons. The van der Waals surface area contributed by atoms with Gasteiger partial charge < -0.3 is 0 Å². The van der Waals surface area contributed by atoms with Crippen LogP contribution in [0.1, 0.15) is 31.0 Å². The minimum atomic E-state index is -4.39. The Kier molecular flexibility index (Phi) is 3.99. The van der Waals surface area contributed by atoms with Gasteiger partial charge in [0.25, 0.3) is 0 Å². The summed E-state index contributed by atoms with van der Waals surface area (Å²) in [6, 6.07) is 6.68. The molecule has 1 aromatic heterocycles. The lowest BCUT2D eigenvalue weighted by Crippen LogP contribution is -2.05. The quantitative estimate of drug-likeness (QED) is 0.785. The molecule has 0 atom stereocenters. The first-order valence-electron chi connectivity index (χ1n) is 6.00. The fourth-order valence-electron chi connectivity index (χ4n) is 1.74. The van der Waals surface area contributed by atoms with Gasteiger partial charge in [-0.05, 0) is 29.7 Å². The third kappa shape index (κ3) is 3.10. The lowest BCUT2D eigenvalue weighted by atomic mass is 10.0. The van der Waals surface area contributed by atoms with Gasteiger partial charge in [-0.1, -0.05) is 37.6 Å². The summed E-state index contributed by atoms with van der Waals surface area (Å²) in [5.74, 6) is 0.115. The van der Waals surface area contributed by atoms with Crippen molar-refractivity contribution in [2.45, 2.75) is 25.9 Å². The van der Waals surface area contributed by atoms with Crippen molar-refractivity contribution in [3.8, 4) is 11.1 Å². The van der Waals surface area contributed by atoms with Gasteiger partial charge in [0.2, 0.25) is 0 Å². The fraction of sp³-hybridized carbons (Fsp3) is 0.286. The molecule has 0 aliphatic rings. The monoisotopic (exact) mass is 300 g/mol. The molecule has 2 aromatic rings. The second kappa shape index (κ2) is 5.40. The molecule has 0 saturated carbocycles. The maximum Gasteiger partial charge on any atom is 0.416 e. The first-order valence-corrected chi connectivity index (χ1v) is 6.37. The Labute approximate surface area is 119 Å². The standard InChI is InChI=1S/C14H12ClF3N2/c1-8(2)12-7-11(13(15)20-19-12)9-4-3-5-10(6-9)14(16,17)18/h3-8H,1-2H3. The topological polar surface area (TPSA) is 25.8 Å². The molecule has 6 heteroatoms. The zero-order chi connectivity index (χ0) is 14.9. The van der Waals surface area contributed by atoms with E-state index in [9.17, 15) is 13.2 Å². The molecule has 0 saturated heterocycles. The van der Waals surface area contributed by atoms with Gasteiger partial charge in [-0.25, -0.2) is 0 Å². The van der Waals surface area contributed by atoms with Crippen LogP contribution in [-0.2, 0) is 6.18 Å². The molecule has 1 aromatic carbocycles. The summed E-state index contributed by atoms with van der Waals surface area (Å²) >= 11 is 5.95. The third-order valence-electron chi connectivity index (χ3n) is 2.86. The summed E-state index contributed by atoms with van der Waals surface area (Å²) < 4.78 is 38.2. The molecule has 2 nitrogen and oxygen atoms in total. The van der Waals surface area contributed by atoms with E-state index >= 15 is 0 Å². The number of nitrogens with zero attached hydrogens (tertiary/aromatic N) is 2. The summed E-state index contributed by atoms with van der Waals surface area (Å²) in [7, 11) is 0. The van der Waals surface area contributed by atoms with Crippen LogP contribution in [0, 0.1) is 0 Å². The van der Waals surface area contributed by atoms with Crippen LogP contribution in [-0.4, -0.2) is 10.2 Å². The Morgan fingerprint density at radius 2 is 1.80 bits per heavy atom. The van der Waals surface area contributed by atoms with Crippen LogP contribution in [0.5, 0.6) is 0 Å². The largest absolute Gasteiger partial charge is 0.416 e. The Morgan fingerprint density at radius 3 is 2.40 bits per heavy atom. The molecule has 0 amide bonds. The first kappa shape index (κ1) is 14.8. The van der Waals surface area contributed by atoms with Gasteiger partial charge in [0, 0.05) is 5.56 Å². The molecule has 1 heterocycles. The minimum Gasteiger partial charge on any atom is -0.166 e. The Balaban J connectivity index is 2.54. The van der Waals surface area contributed by atoms with Crippen molar-refractivity contribution >= 4 is 11.6 Å². The van der Waals surface area contributed by atoms with Crippen molar-refractivity contribution in [2.24, 2.45) is 0 Å². The predicted octanol–water partition coefficient (Wildman–Crippen LogP) is 4.94. The van der Waals surface area contributed by atoms with Crippen LogP contribution in [0.15, 0.2) is 30.3 Å². The number of aromatic nitrogens is 2. The highest BCUT2D eigenvalue weighted by atomic mass is 35.5. The number of benzene rings is 1. The molecule has 0 N–H and O–H groups in total. The lowest BCUT2D eigenvalue weighted by Gasteiger charge is -2.11. The summed E-state index contributed by atoms with van der Waals surface area (Å²) in [5.41, 5.74) is 0.800. The Bertz CT molecular complexity index is 624. The molecule has 0 spiro atoms. The number of rotatable bonds is 2. The maximum absolute atomic E-state index is 12.7. The maximum atomic E-state index is 12.7. The minimum absolute atomic E-state index is 0.0914. The highest BCUT2D eigenvalue weighted by molar-refractivity contribution is 6.32. The average Bonchev–Trinajstić information content (AvgIpc) is 2.38. The zero-order valence-electron chi connectivity index (χ0n) is 10.9. The van der Waals surface area contributed by atoms with Gasteiger partial charge in [-0.15, -0.1) is 5.10 Å². The highest BCUT2D eigenvalue weighted by Gasteiger charge is 2.30. The van der Waals surface area contributed by atoms with Crippen molar-refractivity contribution in [1.29, 1.82) is 0 Å². The van der Waals surface area contributed by atoms with Crippen molar-refractivity contribution < 1.29 is 13.2 Å². The number of hydrogen-bond acceptors (Lipinski definition) is 2. The van der Waals surface area contributed by atoms with Gasteiger partial charge in [0.05, 0.1) is 11.3 Å². The van der Waals surface area contributed by atoms with Crippen molar-refractivity contribution in [3.05, 3.63) is 46.7 Å². The van der Waals surface area contributed by atoms with E-state index in [0.717, 1.165) is 12.1 Å². The molecule has 0 aliphatic heterocycles. The Hall–Kier alpha value is -1.62. The summed E-state index contributed by atoms with van der Waals surface area (Å²) in [6.07, 6.45) is -4.39. The average molecular weight is 301 g/mol. The van der Waals surface area contributed by atoms with Crippen molar-refractivity contribution in [1.82, 2.24) is 10.2 Å². The smallest absolute Gasteiger partial charge is 0.166 e. The number of halogens is 4. The van der Waals surface area contributed by atoms with E-state index in [0.29, 0.717) is 16.8 Å². The van der Waals surface area contributed by atoms with E-state index in [1.54, 1.807) is 12.1 Å². The molecule has 20 heavy (non-hydrogen) atoms. The van der Waals surface area contributed by atoms with Gasteiger partial charge in [0.15, 0.2) is 5.15 Å². The molecule has 0 fully saturated rings. The SMILES string of the molecule is CC(C)c1cc(-c2cccc(C(F)(F)F)c2)c(Cl)nn1. The third-order valence-corrected chi connectivity index (χ3v) is 3.14. The molecule has 106 valence electrons. The summed E-state index contributed by atoms with van der Waals surface area (Å²) in [5, 5.41) is 7.83. The molecule has 0 bridgehead atoms. The van der Waals surface area contributed by atoms with E-state index in [1.165, 1.54) is 6.07 Å². The molecule has 0 unspecified atom stereocenters. The predicted molar refractivity (Wildman–Crippen MR) is 71.6 cm³/mol. The van der Waals surface area contributed by atoms with Crippen LogP contribution in [0.2, 0.25) is 5.15 Å². The second-order valence-electron chi connectivity index (χ2n) is 4.71. The van der Waals surface area contributed by atoms with Gasteiger partial charge in [0.1, 0.15) is 0 Å². The number of alkyl halides is 3. The zero-order valence-corrected chi connectivity index (χ0v) is 11.6. The van der Waals surface area contributed by atoms with Crippen LogP contribution >= 0.6 is 11.6 Å². The van der Waals surface area contributed by atoms with Crippen molar-refractivity contribution in [2.75, 3.05) is 0 Å². The van der Waals surface area contributed by atoms with E-state index in [4.69, 9.17) is 11.6 Å². The van der Waals surface area contributed by atoms with Gasteiger partial charge in [-0.2, -0.15) is 18.3 Å². The lowest BCUT2D eigenvalue weighted by molar-refractivity contribution is -0.137. The molecule has 0 aliphatic carbocycles. The summed E-state index contributed by atoms with van der Waals surface area (Å²) in [6.45, 7) is 3.85. The van der Waals surface area contributed by atoms with E-state index < -0.39 is 11.7 Å². The second-order valence-corrected chi connectivity index (χ2v) is 5.06. The van der Waals surface area contributed by atoms with Crippen molar-refractivity contribution in [3.63, 3.8) is 0 Å². The van der Waals surface area contributed by atoms with E-state index in [2.05, 4.69) is 10.2 Å². The highest BCUT2D eigenvalue weighted by Crippen LogP contribution is 2.34. The van der Waals surface area contributed by atoms with E-state index in [1.807, 2.05) is 13.8 Å². The Morgan fingerprint density at radius 1 is 1.10 bits per heavy atom. The fourth-order valence-corrected chi connectivity index (χ4v) is 1.94.